The molecule has 2 N–H and O–H groups in total. The molecule has 3 rings (SSSR count). The number of aryl methyl sites for hydroxylation is 3. The van der Waals surface area contributed by atoms with Crippen molar-refractivity contribution >= 4 is 27.5 Å². The van der Waals surface area contributed by atoms with E-state index in [2.05, 4.69) is 11.9 Å². The topological polar surface area (TPSA) is 92.2 Å². The van der Waals surface area contributed by atoms with Crippen LogP contribution in [0.3, 0.4) is 0 Å². The Hall–Kier alpha value is -2.67. The maximum absolute atomic E-state index is 12.9. The molecule has 0 radical (unpaired) electrons. The van der Waals surface area contributed by atoms with Crippen LogP contribution in [0.5, 0.6) is 0 Å². The lowest BCUT2D eigenvalue weighted by Gasteiger charge is -2.14. The van der Waals surface area contributed by atoms with Gasteiger partial charge in [0.1, 0.15) is 10.9 Å². The Kier molecular flexibility index (Phi) is 6.14. The van der Waals surface area contributed by atoms with Crippen LogP contribution in [0.1, 0.15) is 48.2 Å². The lowest BCUT2D eigenvalue weighted by Crippen LogP contribution is -2.40. The number of benzene rings is 1. The third-order valence-electron chi connectivity index (χ3n) is 4.87. The summed E-state index contributed by atoms with van der Waals surface area (Å²) in [7, 11) is 0. The molecule has 1 unspecified atom stereocenters. The van der Waals surface area contributed by atoms with Gasteiger partial charge < -0.3 is 5.11 Å². The van der Waals surface area contributed by atoms with Crippen LogP contribution in [-0.2, 0) is 17.6 Å². The second-order valence-corrected chi connectivity index (χ2v) is 8.18. The van der Waals surface area contributed by atoms with E-state index in [1.807, 2.05) is 31.2 Å². The number of H-pyrrole nitrogens is 1. The van der Waals surface area contributed by atoms with Crippen molar-refractivity contribution in [2.45, 2.75) is 52.0 Å². The quantitative estimate of drug-likeness (QED) is 0.604. The van der Waals surface area contributed by atoms with E-state index in [0.717, 1.165) is 39.8 Å². The summed E-state index contributed by atoms with van der Waals surface area (Å²) in [4.78, 5) is 41.5. The van der Waals surface area contributed by atoms with Crippen LogP contribution >= 0.6 is 11.3 Å². The Balaban J connectivity index is 1.95. The van der Waals surface area contributed by atoms with Crippen molar-refractivity contribution in [3.8, 4) is 0 Å². The molecule has 0 saturated carbocycles. The maximum atomic E-state index is 12.9. The first-order chi connectivity index (χ1) is 13.4. The fourth-order valence-electron chi connectivity index (χ4n) is 3.25. The van der Waals surface area contributed by atoms with Gasteiger partial charge in [0, 0.05) is 4.88 Å². The summed E-state index contributed by atoms with van der Waals surface area (Å²) in [5.74, 6) is -1.18. The normalized spacial score (nSPS) is 12.4. The first kappa shape index (κ1) is 20.1. The number of thiophene rings is 1. The van der Waals surface area contributed by atoms with Gasteiger partial charge in [-0.05, 0) is 44.2 Å². The third-order valence-corrected chi connectivity index (χ3v) is 5.98. The molecule has 2 heterocycles. The summed E-state index contributed by atoms with van der Waals surface area (Å²) in [5, 5.41) is 10.1. The predicted octanol–water partition coefficient (Wildman–Crippen LogP) is 3.66. The second kappa shape index (κ2) is 8.56. The first-order valence-electron chi connectivity index (χ1n) is 9.46. The maximum Gasteiger partial charge on any atom is 0.330 e. The van der Waals surface area contributed by atoms with Gasteiger partial charge in [0.15, 0.2) is 0 Å². The fourth-order valence-corrected chi connectivity index (χ4v) is 4.33. The molecule has 7 heteroatoms. The van der Waals surface area contributed by atoms with E-state index < -0.39 is 23.3 Å². The molecule has 0 aliphatic heterocycles. The SMILES string of the molecule is CCCCc1cc2c(=O)n(C(CCc3ccc(C)cc3)C(=O)O)c(=O)[nH]c2s1. The fraction of sp³-hybridized carbons (Fsp3) is 0.381. The molecule has 0 spiro atoms. The molecule has 3 aromatic rings. The van der Waals surface area contributed by atoms with Crippen molar-refractivity contribution in [2.24, 2.45) is 0 Å². The highest BCUT2D eigenvalue weighted by Crippen LogP contribution is 2.23. The highest BCUT2D eigenvalue weighted by atomic mass is 32.1. The zero-order valence-electron chi connectivity index (χ0n) is 16.0. The number of nitrogens with one attached hydrogen (secondary N) is 1. The van der Waals surface area contributed by atoms with E-state index in [9.17, 15) is 19.5 Å². The average molecular weight is 401 g/mol. The predicted molar refractivity (Wildman–Crippen MR) is 111 cm³/mol. The van der Waals surface area contributed by atoms with Crippen LogP contribution in [0.25, 0.3) is 10.2 Å². The molecule has 6 nitrogen and oxygen atoms in total. The van der Waals surface area contributed by atoms with Gasteiger partial charge in [-0.1, -0.05) is 43.2 Å². The molecule has 0 aliphatic carbocycles. The standard InChI is InChI=1S/C21H24N2O4S/c1-3-4-5-15-12-16-18(28-15)22-21(27)23(19(16)24)17(20(25)26)11-10-14-8-6-13(2)7-9-14/h6-9,12,17H,3-5,10-11H2,1-2H3,(H,22,27)(H,25,26). The summed E-state index contributed by atoms with van der Waals surface area (Å²) in [6.45, 7) is 4.07. The van der Waals surface area contributed by atoms with Crippen LogP contribution in [-0.4, -0.2) is 20.6 Å². The number of aromatic nitrogens is 2. The summed E-state index contributed by atoms with van der Waals surface area (Å²) >= 11 is 1.39. The van der Waals surface area contributed by atoms with Crippen LogP contribution < -0.4 is 11.2 Å². The minimum atomic E-state index is -1.21. The number of carboxylic acid groups (broad SMARTS) is 1. The van der Waals surface area contributed by atoms with E-state index in [1.54, 1.807) is 6.07 Å². The largest absolute Gasteiger partial charge is 0.480 e. The van der Waals surface area contributed by atoms with E-state index in [1.165, 1.54) is 11.3 Å². The van der Waals surface area contributed by atoms with Gasteiger partial charge in [-0.3, -0.25) is 9.78 Å². The molecule has 0 aliphatic rings. The molecule has 1 aromatic carbocycles. The van der Waals surface area contributed by atoms with Crippen molar-refractivity contribution in [1.82, 2.24) is 9.55 Å². The highest BCUT2D eigenvalue weighted by Gasteiger charge is 2.25. The van der Waals surface area contributed by atoms with Gasteiger partial charge in [-0.15, -0.1) is 11.3 Å². The number of aliphatic carboxylic acids is 1. The highest BCUT2D eigenvalue weighted by molar-refractivity contribution is 7.18. The second-order valence-electron chi connectivity index (χ2n) is 7.04. The molecule has 2 aromatic heterocycles. The number of carboxylic acids is 1. The number of hydrogen-bond acceptors (Lipinski definition) is 4. The molecular formula is C21H24N2O4S. The zero-order chi connectivity index (χ0) is 20.3. The summed E-state index contributed by atoms with van der Waals surface area (Å²) in [6.07, 6.45) is 3.51. The monoisotopic (exact) mass is 400 g/mol. The number of rotatable bonds is 8. The van der Waals surface area contributed by atoms with Crippen molar-refractivity contribution in [3.05, 3.63) is 67.2 Å². The van der Waals surface area contributed by atoms with E-state index >= 15 is 0 Å². The number of hydrogen-bond donors (Lipinski definition) is 2. The Morgan fingerprint density at radius 3 is 2.57 bits per heavy atom. The Bertz CT molecular complexity index is 1090. The van der Waals surface area contributed by atoms with E-state index in [0.29, 0.717) is 16.6 Å². The van der Waals surface area contributed by atoms with Crippen LogP contribution in [0.4, 0.5) is 0 Å². The van der Waals surface area contributed by atoms with Gasteiger partial charge >= 0.3 is 11.7 Å². The van der Waals surface area contributed by atoms with Crippen LogP contribution in [0.2, 0.25) is 0 Å². The number of carbonyl (C=O) groups is 1. The molecular weight excluding hydrogens is 376 g/mol. The first-order valence-corrected chi connectivity index (χ1v) is 10.3. The van der Waals surface area contributed by atoms with Crippen molar-refractivity contribution in [1.29, 1.82) is 0 Å². The summed E-state index contributed by atoms with van der Waals surface area (Å²) in [6, 6.07) is 8.36. The van der Waals surface area contributed by atoms with Gasteiger partial charge in [-0.25, -0.2) is 14.2 Å². The molecule has 0 amide bonds. The molecule has 1 atom stereocenters. The zero-order valence-corrected chi connectivity index (χ0v) is 16.8. The number of unbranched alkanes of at least 4 members (excludes halogenated alkanes) is 1. The summed E-state index contributed by atoms with van der Waals surface area (Å²) < 4.78 is 0.856. The number of nitrogens with zero attached hydrogens (tertiary/aromatic N) is 1. The van der Waals surface area contributed by atoms with Gasteiger partial charge in [0.2, 0.25) is 0 Å². The number of fused-ring (bicyclic) bond motifs is 1. The Morgan fingerprint density at radius 1 is 1.21 bits per heavy atom. The van der Waals surface area contributed by atoms with Crippen LogP contribution in [0, 0.1) is 6.92 Å². The van der Waals surface area contributed by atoms with E-state index in [4.69, 9.17) is 0 Å². The van der Waals surface area contributed by atoms with Crippen molar-refractivity contribution in [3.63, 3.8) is 0 Å². The van der Waals surface area contributed by atoms with Crippen LogP contribution in [0.15, 0.2) is 39.9 Å². The minimum absolute atomic E-state index is 0.166. The lowest BCUT2D eigenvalue weighted by atomic mass is 10.0. The Labute approximate surface area is 166 Å². The molecule has 0 fully saturated rings. The molecule has 148 valence electrons. The van der Waals surface area contributed by atoms with E-state index in [-0.39, 0.29) is 6.42 Å². The molecule has 0 bridgehead atoms. The molecule has 0 saturated heterocycles. The van der Waals surface area contributed by atoms with Gasteiger partial charge in [-0.2, -0.15) is 0 Å². The summed E-state index contributed by atoms with van der Waals surface area (Å²) in [5.41, 5.74) is 0.888. The van der Waals surface area contributed by atoms with Gasteiger partial charge in [0.25, 0.3) is 5.56 Å². The average Bonchev–Trinajstić information content (AvgIpc) is 3.06. The molecule has 28 heavy (non-hydrogen) atoms. The smallest absolute Gasteiger partial charge is 0.330 e. The Morgan fingerprint density at radius 2 is 1.93 bits per heavy atom. The van der Waals surface area contributed by atoms with Crippen molar-refractivity contribution in [2.75, 3.05) is 0 Å². The lowest BCUT2D eigenvalue weighted by molar-refractivity contribution is -0.141. The number of aromatic amines is 1. The van der Waals surface area contributed by atoms with Gasteiger partial charge in [0.05, 0.1) is 5.39 Å². The van der Waals surface area contributed by atoms with Crippen molar-refractivity contribution < 1.29 is 9.90 Å². The third kappa shape index (κ3) is 4.25. The minimum Gasteiger partial charge on any atom is -0.480 e.